The third-order valence-electron chi connectivity index (χ3n) is 7.38. The van der Waals surface area contributed by atoms with E-state index < -0.39 is 24.4 Å². The zero-order valence-corrected chi connectivity index (χ0v) is 29.6. The Morgan fingerprint density at radius 1 is 0.583 bits per heavy atom. The lowest BCUT2D eigenvalue weighted by molar-refractivity contribution is 0.0321. The highest BCUT2D eigenvalue weighted by Crippen LogP contribution is 2.36. The molecule has 4 N–H and O–H groups in total. The molecule has 0 saturated heterocycles. The third kappa shape index (κ3) is 10.00. The molecule has 0 aliphatic carbocycles. The van der Waals surface area contributed by atoms with E-state index in [2.05, 4.69) is 70.2 Å². The predicted octanol–water partition coefficient (Wildman–Crippen LogP) is 7.69. The number of carbonyl (C=O) groups is 2. The smallest absolute Gasteiger partial charge is 0.405 e. The number of nitrogens with zero attached hydrogens (tertiary/aromatic N) is 6. The summed E-state index contributed by atoms with van der Waals surface area (Å²) in [7, 11) is 0. The van der Waals surface area contributed by atoms with Crippen molar-refractivity contribution in [1.82, 2.24) is 30.4 Å². The Balaban J connectivity index is 0.000000260. The van der Waals surface area contributed by atoms with Gasteiger partial charge in [0.05, 0.1) is 12.4 Å². The van der Waals surface area contributed by atoms with E-state index in [4.69, 9.17) is 20.9 Å². The first-order valence-electron chi connectivity index (χ1n) is 15.9. The fourth-order valence-corrected chi connectivity index (χ4v) is 5.06. The second kappa shape index (κ2) is 15.7. The Bertz CT molecular complexity index is 1540. The number of amides is 2. The van der Waals surface area contributed by atoms with Crippen LogP contribution < -0.4 is 11.5 Å². The van der Waals surface area contributed by atoms with Crippen molar-refractivity contribution in [1.29, 1.82) is 0 Å². The third-order valence-corrected chi connectivity index (χ3v) is 7.38. The number of rotatable bonds is 8. The SMILES string of the molecule is CC(C)c1ccccc1-c1ncc(C(OC(N)=O)C(C)(C)C)nn1.CC(C)c1ccccc1-c1ncc(C(OC(N)=O)C(C)(C)C)nn1. The topological polar surface area (TPSA) is 182 Å². The van der Waals surface area contributed by atoms with Gasteiger partial charge in [0.15, 0.2) is 23.9 Å². The largest absolute Gasteiger partial charge is 0.439 e. The molecule has 4 rings (SSSR count). The van der Waals surface area contributed by atoms with Gasteiger partial charge < -0.3 is 20.9 Å². The fraction of sp³-hybridized carbons (Fsp3) is 0.444. The average molecular weight is 657 g/mol. The van der Waals surface area contributed by atoms with Crippen LogP contribution in [0.15, 0.2) is 60.9 Å². The number of aromatic nitrogens is 6. The maximum atomic E-state index is 11.2. The zero-order chi connectivity index (χ0) is 35.8. The van der Waals surface area contributed by atoms with Gasteiger partial charge in [-0.3, -0.25) is 0 Å². The van der Waals surface area contributed by atoms with E-state index >= 15 is 0 Å². The summed E-state index contributed by atoms with van der Waals surface area (Å²) < 4.78 is 10.4. The van der Waals surface area contributed by atoms with Gasteiger partial charge in [0.2, 0.25) is 0 Å². The molecule has 2 unspecified atom stereocenters. The molecule has 2 aromatic heterocycles. The summed E-state index contributed by atoms with van der Waals surface area (Å²) in [5, 5.41) is 16.9. The highest BCUT2D eigenvalue weighted by atomic mass is 16.6. The average Bonchev–Trinajstić information content (AvgIpc) is 3.02. The van der Waals surface area contributed by atoms with Crippen molar-refractivity contribution in [3.05, 3.63) is 83.4 Å². The lowest BCUT2D eigenvalue weighted by Gasteiger charge is -2.28. The molecule has 2 aromatic carbocycles. The van der Waals surface area contributed by atoms with Crippen LogP contribution in [0.4, 0.5) is 9.59 Å². The maximum Gasteiger partial charge on any atom is 0.405 e. The second-order valence-electron chi connectivity index (χ2n) is 14.3. The highest BCUT2D eigenvalue weighted by molar-refractivity contribution is 5.65. The summed E-state index contributed by atoms with van der Waals surface area (Å²) in [4.78, 5) is 31.2. The van der Waals surface area contributed by atoms with Gasteiger partial charge in [-0.1, -0.05) is 118 Å². The number of primary amides is 2. The number of carbonyl (C=O) groups excluding carboxylic acids is 2. The van der Waals surface area contributed by atoms with Crippen LogP contribution in [-0.2, 0) is 9.47 Å². The van der Waals surface area contributed by atoms with Crippen LogP contribution in [0.25, 0.3) is 22.8 Å². The van der Waals surface area contributed by atoms with Gasteiger partial charge in [-0.2, -0.15) is 0 Å². The van der Waals surface area contributed by atoms with Crippen molar-refractivity contribution in [2.45, 2.75) is 93.3 Å². The van der Waals surface area contributed by atoms with Crippen LogP contribution in [0.5, 0.6) is 0 Å². The predicted molar refractivity (Wildman–Crippen MR) is 184 cm³/mol. The molecule has 12 nitrogen and oxygen atoms in total. The van der Waals surface area contributed by atoms with E-state index in [1.165, 1.54) is 0 Å². The van der Waals surface area contributed by atoms with Gasteiger partial charge in [-0.15, -0.1) is 20.4 Å². The Labute approximate surface area is 283 Å². The number of hydrogen-bond donors (Lipinski definition) is 2. The van der Waals surface area contributed by atoms with Gasteiger partial charge in [-0.05, 0) is 23.0 Å². The molecule has 4 aromatic rings. The minimum absolute atomic E-state index is 0.352. The van der Waals surface area contributed by atoms with Crippen molar-refractivity contribution in [2.75, 3.05) is 0 Å². The maximum absolute atomic E-state index is 11.2. The molecule has 0 bridgehead atoms. The molecular weight excluding hydrogens is 608 g/mol. The molecule has 0 aliphatic heterocycles. The summed E-state index contributed by atoms with van der Waals surface area (Å²) in [6.07, 6.45) is 0.294. The van der Waals surface area contributed by atoms with Gasteiger partial charge in [0.1, 0.15) is 11.4 Å². The molecule has 2 amide bonds. The van der Waals surface area contributed by atoms with E-state index in [0.717, 1.165) is 22.3 Å². The minimum atomic E-state index is -0.842. The van der Waals surface area contributed by atoms with E-state index in [1.807, 2.05) is 77.9 Å². The summed E-state index contributed by atoms with van der Waals surface area (Å²) in [5.74, 6) is 1.81. The van der Waals surface area contributed by atoms with Gasteiger partial charge in [0, 0.05) is 22.0 Å². The zero-order valence-electron chi connectivity index (χ0n) is 29.6. The quantitative estimate of drug-likeness (QED) is 0.191. The van der Waals surface area contributed by atoms with Crippen LogP contribution in [-0.4, -0.2) is 42.5 Å². The van der Waals surface area contributed by atoms with Crippen molar-refractivity contribution in [3.8, 4) is 22.8 Å². The van der Waals surface area contributed by atoms with Gasteiger partial charge >= 0.3 is 12.2 Å². The van der Waals surface area contributed by atoms with Crippen molar-refractivity contribution in [2.24, 2.45) is 22.3 Å². The number of hydrogen-bond acceptors (Lipinski definition) is 10. The first-order chi connectivity index (χ1) is 22.4. The van der Waals surface area contributed by atoms with E-state index in [1.54, 1.807) is 12.4 Å². The van der Waals surface area contributed by atoms with Crippen LogP contribution in [0.1, 0.15) is 116 Å². The second-order valence-corrected chi connectivity index (χ2v) is 14.3. The van der Waals surface area contributed by atoms with Gasteiger partial charge in [-0.25, -0.2) is 19.6 Å². The fourth-order valence-electron chi connectivity index (χ4n) is 5.06. The molecule has 0 radical (unpaired) electrons. The first-order valence-corrected chi connectivity index (χ1v) is 15.9. The standard InChI is InChI=1S/2C18H24N4O2/c2*1-11(2)12-8-6-7-9-13(12)16-20-10-14(21-22-16)15(18(3,4)5)24-17(19)23/h2*6-11,15H,1-5H3,(H2,19,23). The highest BCUT2D eigenvalue weighted by Gasteiger charge is 2.33. The number of ether oxygens (including phenoxy) is 2. The van der Waals surface area contributed by atoms with Gasteiger partial charge in [0.25, 0.3) is 0 Å². The Morgan fingerprint density at radius 2 is 0.917 bits per heavy atom. The molecule has 2 heterocycles. The van der Waals surface area contributed by atoms with E-state index in [9.17, 15) is 9.59 Å². The van der Waals surface area contributed by atoms with Crippen LogP contribution in [0.2, 0.25) is 0 Å². The molecule has 48 heavy (non-hydrogen) atoms. The molecule has 0 fully saturated rings. The van der Waals surface area contributed by atoms with Crippen LogP contribution in [0.3, 0.4) is 0 Å². The minimum Gasteiger partial charge on any atom is -0.439 e. The first kappa shape index (κ1) is 37.5. The molecule has 0 saturated carbocycles. The molecule has 12 heteroatoms. The Kier molecular flexibility index (Phi) is 12.3. The Morgan fingerprint density at radius 3 is 1.17 bits per heavy atom. The van der Waals surface area contributed by atoms with Crippen molar-refractivity contribution in [3.63, 3.8) is 0 Å². The summed E-state index contributed by atoms with van der Waals surface area (Å²) in [6, 6.07) is 16.0. The number of nitrogens with two attached hydrogens (primary N) is 2. The summed E-state index contributed by atoms with van der Waals surface area (Å²) in [5.41, 5.74) is 14.8. The molecular formula is C36H48N8O4. The lowest BCUT2D eigenvalue weighted by atomic mass is 9.87. The normalized spacial score (nSPS) is 12.9. The monoisotopic (exact) mass is 656 g/mol. The Hall–Kier alpha value is -5.00. The van der Waals surface area contributed by atoms with E-state index in [-0.39, 0.29) is 10.8 Å². The molecule has 0 aliphatic rings. The van der Waals surface area contributed by atoms with E-state index in [0.29, 0.717) is 34.9 Å². The van der Waals surface area contributed by atoms with Crippen LogP contribution in [0, 0.1) is 10.8 Å². The number of benzene rings is 2. The van der Waals surface area contributed by atoms with Crippen LogP contribution >= 0.6 is 0 Å². The molecule has 256 valence electrons. The lowest BCUT2D eigenvalue weighted by Crippen LogP contribution is -2.28. The van der Waals surface area contributed by atoms with Crippen molar-refractivity contribution >= 4 is 12.2 Å². The molecule has 0 spiro atoms. The summed E-state index contributed by atoms with van der Waals surface area (Å²) >= 11 is 0. The summed E-state index contributed by atoms with van der Waals surface area (Å²) in [6.45, 7) is 20.1. The molecule has 2 atom stereocenters. The van der Waals surface area contributed by atoms with Crippen molar-refractivity contribution < 1.29 is 19.1 Å².